The second-order valence-corrected chi connectivity index (χ2v) is 13.0. The first-order chi connectivity index (χ1) is 18.8. The van der Waals surface area contributed by atoms with E-state index >= 15 is 0 Å². The Hall–Kier alpha value is -2.49. The van der Waals surface area contributed by atoms with Crippen LogP contribution in [0.2, 0.25) is 20.1 Å². The molecule has 7 nitrogen and oxygen atoms in total. The molecule has 0 aliphatic heterocycles. The van der Waals surface area contributed by atoms with Crippen LogP contribution >= 0.6 is 46.4 Å². The van der Waals surface area contributed by atoms with Crippen LogP contribution in [0.4, 0.5) is 5.69 Å². The minimum Gasteiger partial charge on any atom is -0.354 e. The highest BCUT2D eigenvalue weighted by Crippen LogP contribution is 2.31. The van der Waals surface area contributed by atoms with Gasteiger partial charge in [0.15, 0.2) is 0 Å². The highest BCUT2D eigenvalue weighted by molar-refractivity contribution is 7.92. The monoisotopic (exact) mass is 643 g/mol. The predicted molar refractivity (Wildman–Crippen MR) is 162 cm³/mol. The van der Waals surface area contributed by atoms with Gasteiger partial charge in [-0.3, -0.25) is 13.9 Å². The average molecular weight is 645 g/mol. The molecule has 3 aromatic carbocycles. The lowest BCUT2D eigenvalue weighted by Crippen LogP contribution is -2.51. The first-order valence-electron chi connectivity index (χ1n) is 12.3. The van der Waals surface area contributed by atoms with Crippen molar-refractivity contribution in [2.24, 2.45) is 5.92 Å². The lowest BCUT2D eigenvalue weighted by Gasteiger charge is -2.32. The van der Waals surface area contributed by atoms with E-state index < -0.39 is 28.5 Å². The van der Waals surface area contributed by atoms with Gasteiger partial charge in [0.25, 0.3) is 10.0 Å². The molecule has 0 aromatic heterocycles. The van der Waals surface area contributed by atoms with Crippen molar-refractivity contribution in [2.45, 2.75) is 38.3 Å². The molecular formula is C28H29Cl4N3O4S. The first-order valence-corrected chi connectivity index (χ1v) is 15.3. The third kappa shape index (κ3) is 8.04. The van der Waals surface area contributed by atoms with Crippen molar-refractivity contribution in [3.8, 4) is 0 Å². The minimum atomic E-state index is -4.23. The number of carbonyl (C=O) groups is 2. The molecule has 0 radical (unpaired) electrons. The number of amides is 2. The number of carbonyl (C=O) groups excluding carboxylic acids is 2. The molecule has 3 aromatic rings. The minimum absolute atomic E-state index is 0.0242. The summed E-state index contributed by atoms with van der Waals surface area (Å²) in [6.45, 7) is 5.20. The zero-order valence-corrected chi connectivity index (χ0v) is 25.9. The summed E-state index contributed by atoms with van der Waals surface area (Å²) in [4.78, 5) is 28.3. The Bertz CT molecular complexity index is 1470. The zero-order chi connectivity index (χ0) is 29.6. The summed E-state index contributed by atoms with van der Waals surface area (Å²) in [7, 11) is -4.23. The van der Waals surface area contributed by atoms with Crippen LogP contribution in [0.1, 0.15) is 26.3 Å². The molecule has 1 N–H and O–H groups in total. The summed E-state index contributed by atoms with van der Waals surface area (Å²) in [5, 5.41) is 3.89. The van der Waals surface area contributed by atoms with Gasteiger partial charge in [0.05, 0.1) is 20.6 Å². The van der Waals surface area contributed by atoms with Crippen LogP contribution in [0.5, 0.6) is 0 Å². The second-order valence-electron chi connectivity index (χ2n) is 9.50. The maximum Gasteiger partial charge on any atom is 0.264 e. The smallest absolute Gasteiger partial charge is 0.264 e. The van der Waals surface area contributed by atoms with Crippen LogP contribution in [0.3, 0.4) is 0 Å². The maximum atomic E-state index is 13.9. The summed E-state index contributed by atoms with van der Waals surface area (Å²) < 4.78 is 28.5. The van der Waals surface area contributed by atoms with Crippen molar-refractivity contribution in [1.29, 1.82) is 0 Å². The summed E-state index contributed by atoms with van der Waals surface area (Å²) in [5.74, 6) is -0.838. The fraction of sp³-hybridized carbons (Fsp3) is 0.286. The molecular weight excluding hydrogens is 616 g/mol. The topological polar surface area (TPSA) is 86.8 Å². The first kappa shape index (κ1) is 32.0. The number of rotatable bonds is 11. The third-order valence-electron chi connectivity index (χ3n) is 6.01. The molecule has 0 unspecified atom stereocenters. The van der Waals surface area contributed by atoms with E-state index in [1.54, 1.807) is 37.3 Å². The normalized spacial score (nSPS) is 12.2. The molecule has 0 bridgehead atoms. The van der Waals surface area contributed by atoms with Gasteiger partial charge in [-0.1, -0.05) is 84.5 Å². The molecule has 0 aliphatic carbocycles. The van der Waals surface area contributed by atoms with Gasteiger partial charge in [-0.25, -0.2) is 8.42 Å². The molecule has 0 heterocycles. The van der Waals surface area contributed by atoms with Gasteiger partial charge in [0, 0.05) is 23.1 Å². The lowest BCUT2D eigenvalue weighted by atomic mass is 10.1. The molecule has 0 aliphatic rings. The summed E-state index contributed by atoms with van der Waals surface area (Å²) >= 11 is 24.7. The van der Waals surface area contributed by atoms with E-state index in [0.717, 1.165) is 4.31 Å². The summed E-state index contributed by atoms with van der Waals surface area (Å²) in [6, 6.07) is 15.8. The maximum absolute atomic E-state index is 13.9. The van der Waals surface area contributed by atoms with Crippen LogP contribution < -0.4 is 9.62 Å². The quantitative estimate of drug-likeness (QED) is 0.252. The van der Waals surface area contributed by atoms with Gasteiger partial charge in [0.1, 0.15) is 12.6 Å². The number of nitrogens with one attached hydrogen (secondary N) is 1. The molecule has 0 saturated carbocycles. The zero-order valence-electron chi connectivity index (χ0n) is 22.1. The van der Waals surface area contributed by atoms with Crippen molar-refractivity contribution in [3.05, 3.63) is 92.4 Å². The van der Waals surface area contributed by atoms with Gasteiger partial charge < -0.3 is 10.2 Å². The number of hydrogen-bond donors (Lipinski definition) is 1. The van der Waals surface area contributed by atoms with Gasteiger partial charge in [0.2, 0.25) is 11.8 Å². The Labute approximate surface area is 255 Å². The molecule has 214 valence electrons. The highest BCUT2D eigenvalue weighted by Gasteiger charge is 2.33. The third-order valence-corrected chi connectivity index (χ3v) is 9.12. The molecule has 0 fully saturated rings. The Balaban J connectivity index is 2.05. The number of hydrogen-bond acceptors (Lipinski definition) is 4. The fourth-order valence-electron chi connectivity index (χ4n) is 3.76. The van der Waals surface area contributed by atoms with Crippen LogP contribution in [-0.2, 0) is 26.2 Å². The Morgan fingerprint density at radius 2 is 1.52 bits per heavy atom. The van der Waals surface area contributed by atoms with E-state index in [-0.39, 0.29) is 39.0 Å². The fourth-order valence-corrected chi connectivity index (χ4v) is 5.94. The predicted octanol–water partition coefficient (Wildman–Crippen LogP) is 6.69. The number of halogens is 4. The van der Waals surface area contributed by atoms with E-state index in [2.05, 4.69) is 5.32 Å². The van der Waals surface area contributed by atoms with Crippen molar-refractivity contribution in [1.82, 2.24) is 10.2 Å². The van der Waals surface area contributed by atoms with E-state index in [4.69, 9.17) is 46.4 Å². The number of sulfonamides is 1. The number of nitrogens with zero attached hydrogens (tertiary/aromatic N) is 2. The van der Waals surface area contributed by atoms with E-state index in [9.17, 15) is 18.0 Å². The lowest BCUT2D eigenvalue weighted by molar-refractivity contribution is -0.139. The van der Waals surface area contributed by atoms with E-state index in [1.807, 2.05) is 13.8 Å². The van der Waals surface area contributed by atoms with Crippen molar-refractivity contribution in [2.75, 3.05) is 17.4 Å². The molecule has 0 saturated heterocycles. The largest absolute Gasteiger partial charge is 0.354 e. The molecule has 40 heavy (non-hydrogen) atoms. The number of anilines is 1. The Morgan fingerprint density at radius 3 is 2.12 bits per heavy atom. The van der Waals surface area contributed by atoms with Crippen LogP contribution in [-0.4, -0.2) is 44.3 Å². The molecule has 2 amide bonds. The second kappa shape index (κ2) is 13.9. The summed E-state index contributed by atoms with van der Waals surface area (Å²) in [6.07, 6.45) is 0. The van der Waals surface area contributed by atoms with Gasteiger partial charge >= 0.3 is 0 Å². The molecule has 3 rings (SSSR count). The Kier molecular flexibility index (Phi) is 11.1. The van der Waals surface area contributed by atoms with Crippen molar-refractivity contribution < 1.29 is 18.0 Å². The molecule has 0 spiro atoms. The summed E-state index contributed by atoms with van der Waals surface area (Å²) in [5.41, 5.74) is 0.669. The molecule has 1 atom stereocenters. The van der Waals surface area contributed by atoms with Crippen molar-refractivity contribution >= 4 is 73.9 Å². The highest BCUT2D eigenvalue weighted by atomic mass is 35.5. The average Bonchev–Trinajstić information content (AvgIpc) is 2.91. The van der Waals surface area contributed by atoms with E-state index in [1.165, 1.54) is 41.3 Å². The van der Waals surface area contributed by atoms with E-state index in [0.29, 0.717) is 22.2 Å². The van der Waals surface area contributed by atoms with Gasteiger partial charge in [-0.05, 0) is 60.9 Å². The van der Waals surface area contributed by atoms with Crippen LogP contribution in [0.25, 0.3) is 0 Å². The van der Waals surface area contributed by atoms with Gasteiger partial charge in [-0.15, -0.1) is 0 Å². The molecule has 12 heteroatoms. The standard InChI is InChI=1S/C28H29Cl4N3O4S/c1-18(2)15-33-28(37)19(3)34(16-20-9-10-21(29)13-25(20)31)27(36)17-35(22-11-12-24(30)26(32)14-22)40(38,39)23-7-5-4-6-8-23/h4-14,18-19H,15-17H2,1-3H3,(H,33,37)/t19-/m1/s1. The Morgan fingerprint density at radius 1 is 0.850 bits per heavy atom. The SMILES string of the molecule is CC(C)CNC(=O)[C@@H](C)N(Cc1ccc(Cl)cc1Cl)C(=O)CN(c1ccc(Cl)c(Cl)c1)S(=O)(=O)c1ccccc1. The van der Waals surface area contributed by atoms with Gasteiger partial charge in [-0.2, -0.15) is 0 Å². The number of benzene rings is 3. The van der Waals surface area contributed by atoms with Crippen LogP contribution in [0.15, 0.2) is 71.6 Å². The van der Waals surface area contributed by atoms with Crippen molar-refractivity contribution in [3.63, 3.8) is 0 Å². The van der Waals surface area contributed by atoms with Crippen LogP contribution in [0, 0.1) is 5.92 Å².